The number of hydrogen-bond donors (Lipinski definition) is 0. The Morgan fingerprint density at radius 3 is 1.81 bits per heavy atom. The van der Waals surface area contributed by atoms with Gasteiger partial charge in [-0.1, -0.05) is 32.9 Å². The largest absolute Gasteiger partial charge is 0.339 e. The van der Waals surface area contributed by atoms with Gasteiger partial charge in [-0.3, -0.25) is 14.5 Å². The molecule has 0 bridgehead atoms. The minimum Gasteiger partial charge on any atom is -0.339 e. The molecule has 0 unspecified atom stereocenters. The van der Waals surface area contributed by atoms with E-state index in [9.17, 15) is 9.59 Å². The topological polar surface area (TPSA) is 40.6 Å². The van der Waals surface area contributed by atoms with E-state index >= 15 is 0 Å². The zero-order valence-electron chi connectivity index (χ0n) is 17.4. The second-order valence-electron chi connectivity index (χ2n) is 9.46. The highest BCUT2D eigenvalue weighted by atomic mass is 16.2. The third-order valence-corrected chi connectivity index (χ3v) is 5.43. The molecule has 4 nitrogen and oxygen atoms in total. The summed E-state index contributed by atoms with van der Waals surface area (Å²) in [5.74, 6) is 0.166. The number of carbonyl (C=O) groups excluding carboxylic acids is 2. The molecule has 0 aromatic heterocycles. The number of ketones is 1. The summed E-state index contributed by atoms with van der Waals surface area (Å²) in [5, 5.41) is 0. The molecular formula is C22H34N2O2. The molecule has 144 valence electrons. The summed E-state index contributed by atoms with van der Waals surface area (Å²) >= 11 is 0. The number of hydrogen-bond acceptors (Lipinski definition) is 3. The monoisotopic (exact) mass is 358 g/mol. The smallest absolute Gasteiger partial charge is 0.253 e. The van der Waals surface area contributed by atoms with Crippen molar-refractivity contribution in [3.63, 3.8) is 0 Å². The molecule has 1 aliphatic heterocycles. The molecule has 1 heterocycles. The SMILES string of the molecule is CN(C1CCN(C(=O)c2ccc(C(=O)C(C)(C)C)cc2)CC1)C(C)(C)C. The lowest BCUT2D eigenvalue weighted by atomic mass is 9.86. The fourth-order valence-corrected chi connectivity index (χ4v) is 3.38. The molecule has 1 amide bonds. The van der Waals surface area contributed by atoms with Gasteiger partial charge in [0.05, 0.1) is 0 Å². The molecule has 0 atom stereocenters. The van der Waals surface area contributed by atoms with Crippen LogP contribution in [0.15, 0.2) is 24.3 Å². The van der Waals surface area contributed by atoms with Gasteiger partial charge in [0.2, 0.25) is 0 Å². The molecule has 1 aromatic carbocycles. The lowest BCUT2D eigenvalue weighted by molar-refractivity contribution is 0.0496. The number of nitrogens with zero attached hydrogens (tertiary/aromatic N) is 2. The van der Waals surface area contributed by atoms with Crippen LogP contribution in [-0.2, 0) is 0 Å². The molecule has 1 aliphatic rings. The molecular weight excluding hydrogens is 324 g/mol. The van der Waals surface area contributed by atoms with E-state index in [1.165, 1.54) is 0 Å². The van der Waals surface area contributed by atoms with Crippen LogP contribution in [0.3, 0.4) is 0 Å². The van der Waals surface area contributed by atoms with E-state index < -0.39 is 5.41 Å². The maximum absolute atomic E-state index is 12.8. The highest BCUT2D eigenvalue weighted by Crippen LogP contribution is 2.24. The number of carbonyl (C=O) groups is 2. The van der Waals surface area contributed by atoms with Crippen molar-refractivity contribution in [2.45, 2.75) is 66.0 Å². The molecule has 0 spiro atoms. The lowest BCUT2D eigenvalue weighted by Gasteiger charge is -2.43. The van der Waals surface area contributed by atoms with Gasteiger partial charge in [0, 0.05) is 41.2 Å². The van der Waals surface area contributed by atoms with Crippen molar-refractivity contribution in [3.05, 3.63) is 35.4 Å². The van der Waals surface area contributed by atoms with E-state index in [4.69, 9.17) is 0 Å². The summed E-state index contributed by atoms with van der Waals surface area (Å²) in [6.45, 7) is 14.0. The van der Waals surface area contributed by atoms with Crippen molar-refractivity contribution in [2.75, 3.05) is 20.1 Å². The van der Waals surface area contributed by atoms with Crippen LogP contribution in [0.4, 0.5) is 0 Å². The Hall–Kier alpha value is -1.68. The first-order valence-electron chi connectivity index (χ1n) is 9.58. The molecule has 26 heavy (non-hydrogen) atoms. The molecule has 2 rings (SSSR count). The predicted molar refractivity (Wildman–Crippen MR) is 107 cm³/mol. The summed E-state index contributed by atoms with van der Waals surface area (Å²) < 4.78 is 0. The minimum atomic E-state index is -0.410. The Bertz CT molecular complexity index is 642. The van der Waals surface area contributed by atoms with Gasteiger partial charge in [-0.15, -0.1) is 0 Å². The Morgan fingerprint density at radius 2 is 1.38 bits per heavy atom. The number of likely N-dealkylation sites (tertiary alicyclic amines) is 1. The summed E-state index contributed by atoms with van der Waals surface area (Å²) in [6, 6.07) is 7.65. The van der Waals surface area contributed by atoms with E-state index in [1.54, 1.807) is 24.3 Å². The summed E-state index contributed by atoms with van der Waals surface area (Å²) in [4.78, 5) is 29.5. The van der Waals surface area contributed by atoms with E-state index in [0.29, 0.717) is 17.2 Å². The third kappa shape index (κ3) is 4.73. The first-order chi connectivity index (χ1) is 11.9. The number of amides is 1. The van der Waals surface area contributed by atoms with Crippen LogP contribution in [0, 0.1) is 5.41 Å². The molecule has 1 aromatic rings. The first kappa shape index (κ1) is 20.6. The standard InChI is InChI=1S/C22H34N2O2/c1-21(2,3)19(25)16-8-10-17(11-9-16)20(26)24-14-12-18(13-15-24)23(7)22(4,5)6/h8-11,18H,12-15H2,1-7H3. The first-order valence-corrected chi connectivity index (χ1v) is 9.58. The van der Waals surface area contributed by atoms with Crippen LogP contribution in [-0.4, -0.2) is 53.2 Å². The van der Waals surface area contributed by atoms with Crippen LogP contribution in [0.5, 0.6) is 0 Å². The normalized spacial score (nSPS) is 16.8. The summed E-state index contributed by atoms with van der Waals surface area (Å²) in [5.41, 5.74) is 1.07. The van der Waals surface area contributed by atoms with Gasteiger partial charge in [0.25, 0.3) is 5.91 Å². The second kappa shape index (κ2) is 7.51. The van der Waals surface area contributed by atoms with Crippen molar-refractivity contribution in [1.82, 2.24) is 9.80 Å². The Balaban J connectivity index is 2.00. The van der Waals surface area contributed by atoms with Crippen molar-refractivity contribution >= 4 is 11.7 Å². The highest BCUT2D eigenvalue weighted by Gasteiger charge is 2.30. The number of piperidine rings is 1. The molecule has 0 saturated carbocycles. The third-order valence-electron chi connectivity index (χ3n) is 5.43. The Labute approximate surface area is 158 Å². The van der Waals surface area contributed by atoms with Crippen LogP contribution < -0.4 is 0 Å². The fourth-order valence-electron chi connectivity index (χ4n) is 3.38. The number of rotatable bonds is 3. The zero-order chi connectivity index (χ0) is 19.7. The van der Waals surface area contributed by atoms with Gasteiger partial charge in [-0.2, -0.15) is 0 Å². The quantitative estimate of drug-likeness (QED) is 0.759. The molecule has 0 radical (unpaired) electrons. The average Bonchev–Trinajstić information content (AvgIpc) is 2.58. The predicted octanol–water partition coefficient (Wildman–Crippen LogP) is 4.25. The molecule has 1 saturated heterocycles. The van der Waals surface area contributed by atoms with Crippen LogP contribution in [0.1, 0.15) is 75.1 Å². The van der Waals surface area contributed by atoms with E-state index in [-0.39, 0.29) is 17.2 Å². The lowest BCUT2D eigenvalue weighted by Crippen LogP contribution is -2.51. The second-order valence-corrected chi connectivity index (χ2v) is 9.46. The molecule has 0 N–H and O–H groups in total. The van der Waals surface area contributed by atoms with Crippen LogP contribution >= 0.6 is 0 Å². The van der Waals surface area contributed by atoms with Crippen molar-refractivity contribution in [3.8, 4) is 0 Å². The van der Waals surface area contributed by atoms with Gasteiger partial charge in [0.1, 0.15) is 0 Å². The van der Waals surface area contributed by atoms with Gasteiger partial charge < -0.3 is 4.90 Å². The number of benzene rings is 1. The Kier molecular flexibility index (Phi) is 5.96. The summed E-state index contributed by atoms with van der Waals surface area (Å²) in [6.07, 6.45) is 2.00. The molecule has 4 heteroatoms. The van der Waals surface area contributed by atoms with Gasteiger partial charge in [-0.25, -0.2) is 0 Å². The van der Waals surface area contributed by atoms with Gasteiger partial charge in [-0.05, 0) is 52.8 Å². The van der Waals surface area contributed by atoms with Gasteiger partial charge >= 0.3 is 0 Å². The van der Waals surface area contributed by atoms with E-state index in [2.05, 4.69) is 32.7 Å². The van der Waals surface area contributed by atoms with Crippen molar-refractivity contribution < 1.29 is 9.59 Å². The van der Waals surface area contributed by atoms with Crippen molar-refractivity contribution in [2.24, 2.45) is 5.41 Å². The molecule has 1 fully saturated rings. The highest BCUT2D eigenvalue weighted by molar-refractivity contribution is 6.01. The van der Waals surface area contributed by atoms with Gasteiger partial charge in [0.15, 0.2) is 5.78 Å². The van der Waals surface area contributed by atoms with E-state index in [1.807, 2.05) is 25.7 Å². The van der Waals surface area contributed by atoms with Crippen LogP contribution in [0.2, 0.25) is 0 Å². The van der Waals surface area contributed by atoms with Crippen LogP contribution in [0.25, 0.3) is 0 Å². The number of Topliss-reactive ketones (excluding diaryl/α,β-unsaturated/α-hetero) is 1. The maximum atomic E-state index is 12.8. The maximum Gasteiger partial charge on any atom is 0.253 e. The minimum absolute atomic E-state index is 0.0663. The average molecular weight is 359 g/mol. The van der Waals surface area contributed by atoms with E-state index in [0.717, 1.165) is 25.9 Å². The summed E-state index contributed by atoms with van der Waals surface area (Å²) in [7, 11) is 2.17. The Morgan fingerprint density at radius 1 is 0.923 bits per heavy atom. The zero-order valence-corrected chi connectivity index (χ0v) is 17.4. The fraction of sp³-hybridized carbons (Fsp3) is 0.636. The van der Waals surface area contributed by atoms with Crippen molar-refractivity contribution in [1.29, 1.82) is 0 Å². The molecule has 0 aliphatic carbocycles.